The summed E-state index contributed by atoms with van der Waals surface area (Å²) >= 11 is 2.27. The lowest BCUT2D eigenvalue weighted by Gasteiger charge is -2.62. The first-order valence-electron chi connectivity index (χ1n) is 9.46. The number of rotatable bonds is 0. The second-order valence-corrected chi connectivity index (χ2v) is 11.3. The van der Waals surface area contributed by atoms with E-state index in [0.717, 1.165) is 51.4 Å². The number of hydrogen-bond donors (Lipinski definition) is 3. The Bertz CT molecular complexity index is 495. The van der Waals surface area contributed by atoms with Gasteiger partial charge < -0.3 is 15.3 Å². The molecule has 0 aromatic heterocycles. The maximum Gasteiger partial charge on any atom is 0.121 e. The van der Waals surface area contributed by atoms with E-state index in [1.807, 2.05) is 0 Å². The molecule has 0 heterocycles. The van der Waals surface area contributed by atoms with Crippen molar-refractivity contribution in [3.05, 3.63) is 0 Å². The molecule has 23 heavy (non-hydrogen) atoms. The molecule has 4 heteroatoms. The maximum atomic E-state index is 11.0. The van der Waals surface area contributed by atoms with Crippen LogP contribution in [0.5, 0.6) is 0 Å². The van der Waals surface area contributed by atoms with Gasteiger partial charge in [0.2, 0.25) is 0 Å². The first-order valence-corrected chi connectivity index (χ1v) is 10.5. The molecule has 4 rings (SSSR count). The molecule has 132 valence electrons. The first-order chi connectivity index (χ1) is 10.7. The van der Waals surface area contributed by atoms with Gasteiger partial charge in [0.25, 0.3) is 0 Å². The molecule has 0 aromatic rings. The predicted octanol–water partition coefficient (Wildman–Crippen LogP) is 3.48. The largest absolute Gasteiger partial charge is 0.393 e. The van der Waals surface area contributed by atoms with E-state index in [4.69, 9.17) is 0 Å². The standard InChI is InChI=1S/C19H31IO3/c1-17-6-3-12(21)9-11(17)10-15(22)16-13(17)4-7-18(2)14(16)5-8-19(18,20)23/h11-16,21-23H,3-10H2,1-2H3/t11?,12?,13-,14+,15?,16-,17+,18+,19?/m1/s1. The molecule has 0 aliphatic heterocycles. The van der Waals surface area contributed by atoms with Crippen molar-refractivity contribution >= 4 is 22.6 Å². The zero-order valence-corrected chi connectivity index (χ0v) is 16.5. The van der Waals surface area contributed by atoms with Crippen LogP contribution in [0.15, 0.2) is 0 Å². The van der Waals surface area contributed by atoms with Crippen molar-refractivity contribution in [1.82, 2.24) is 0 Å². The van der Waals surface area contributed by atoms with E-state index in [-0.39, 0.29) is 23.0 Å². The monoisotopic (exact) mass is 434 g/mol. The number of alkyl halides is 1. The van der Waals surface area contributed by atoms with E-state index >= 15 is 0 Å². The average Bonchev–Trinajstić information content (AvgIpc) is 2.72. The molecule has 3 nitrogen and oxygen atoms in total. The summed E-state index contributed by atoms with van der Waals surface area (Å²) in [4.78, 5) is 0. The Morgan fingerprint density at radius 3 is 2.35 bits per heavy atom. The number of aliphatic hydroxyl groups excluding tert-OH is 2. The number of hydrogen-bond acceptors (Lipinski definition) is 3. The van der Waals surface area contributed by atoms with Gasteiger partial charge in [-0.15, -0.1) is 0 Å². The molecule has 4 aliphatic carbocycles. The molecule has 0 spiro atoms. The molecule has 0 saturated heterocycles. The molecule has 4 unspecified atom stereocenters. The molecular formula is C19H31IO3. The Morgan fingerprint density at radius 2 is 1.61 bits per heavy atom. The third kappa shape index (κ3) is 2.23. The summed E-state index contributed by atoms with van der Waals surface area (Å²) in [6.07, 6.45) is 7.44. The summed E-state index contributed by atoms with van der Waals surface area (Å²) in [5.74, 6) is 1.82. The molecular weight excluding hydrogens is 403 g/mol. The van der Waals surface area contributed by atoms with E-state index in [2.05, 4.69) is 36.4 Å². The number of fused-ring (bicyclic) bond motifs is 5. The fourth-order valence-electron chi connectivity index (χ4n) is 7.16. The zero-order chi connectivity index (χ0) is 16.6. The van der Waals surface area contributed by atoms with Crippen molar-refractivity contribution in [3.8, 4) is 0 Å². The number of aliphatic hydroxyl groups is 3. The molecule has 0 radical (unpaired) electrons. The maximum absolute atomic E-state index is 11.0. The highest BCUT2D eigenvalue weighted by Crippen LogP contribution is 2.69. The van der Waals surface area contributed by atoms with Gasteiger partial charge in [0.1, 0.15) is 3.61 Å². The Morgan fingerprint density at radius 1 is 0.913 bits per heavy atom. The van der Waals surface area contributed by atoms with Crippen LogP contribution in [0.1, 0.15) is 65.2 Å². The highest BCUT2D eigenvalue weighted by Gasteiger charge is 2.65. The van der Waals surface area contributed by atoms with Crippen LogP contribution < -0.4 is 0 Å². The van der Waals surface area contributed by atoms with Crippen molar-refractivity contribution in [1.29, 1.82) is 0 Å². The normalized spacial score (nSPS) is 62.3. The minimum Gasteiger partial charge on any atom is -0.393 e. The highest BCUT2D eigenvalue weighted by molar-refractivity contribution is 14.1. The molecule has 9 atom stereocenters. The summed E-state index contributed by atoms with van der Waals surface area (Å²) in [7, 11) is 0. The Balaban J connectivity index is 1.68. The van der Waals surface area contributed by atoms with E-state index in [1.54, 1.807) is 0 Å². The van der Waals surface area contributed by atoms with Crippen LogP contribution in [0.25, 0.3) is 0 Å². The van der Waals surface area contributed by atoms with Gasteiger partial charge in [0.05, 0.1) is 12.2 Å². The fourth-order valence-corrected chi connectivity index (χ4v) is 8.14. The molecule has 0 bridgehead atoms. The van der Waals surface area contributed by atoms with Crippen molar-refractivity contribution in [3.63, 3.8) is 0 Å². The molecule has 4 fully saturated rings. The van der Waals surface area contributed by atoms with E-state index in [9.17, 15) is 15.3 Å². The van der Waals surface area contributed by atoms with Crippen LogP contribution in [0.3, 0.4) is 0 Å². The smallest absolute Gasteiger partial charge is 0.121 e. The van der Waals surface area contributed by atoms with Crippen LogP contribution >= 0.6 is 22.6 Å². The summed E-state index contributed by atoms with van der Waals surface area (Å²) in [5, 5.41) is 32.0. The fraction of sp³-hybridized carbons (Fsp3) is 1.00. The van der Waals surface area contributed by atoms with Gasteiger partial charge in [-0.2, -0.15) is 0 Å². The van der Waals surface area contributed by atoms with Gasteiger partial charge in [0.15, 0.2) is 0 Å². The summed E-state index contributed by atoms with van der Waals surface area (Å²) < 4.78 is -0.610. The van der Waals surface area contributed by atoms with E-state index < -0.39 is 3.61 Å². The van der Waals surface area contributed by atoms with Crippen molar-refractivity contribution < 1.29 is 15.3 Å². The quantitative estimate of drug-likeness (QED) is 0.404. The summed E-state index contributed by atoms with van der Waals surface area (Å²) in [6, 6.07) is 0. The first kappa shape index (κ1) is 17.0. The van der Waals surface area contributed by atoms with Gasteiger partial charge in [0, 0.05) is 5.41 Å². The second kappa shape index (κ2) is 5.31. The van der Waals surface area contributed by atoms with E-state index in [1.165, 1.54) is 0 Å². The topological polar surface area (TPSA) is 60.7 Å². The van der Waals surface area contributed by atoms with Gasteiger partial charge in [-0.25, -0.2) is 0 Å². The molecule has 4 saturated carbocycles. The van der Waals surface area contributed by atoms with Crippen LogP contribution in [0.2, 0.25) is 0 Å². The minimum absolute atomic E-state index is 0.0485. The van der Waals surface area contributed by atoms with Crippen LogP contribution in [0.4, 0.5) is 0 Å². The summed E-state index contributed by atoms with van der Waals surface area (Å²) in [6.45, 7) is 4.69. The third-order valence-electron chi connectivity index (χ3n) is 8.71. The molecule has 3 N–H and O–H groups in total. The van der Waals surface area contributed by atoms with Gasteiger partial charge >= 0.3 is 0 Å². The Labute approximate surface area is 153 Å². The van der Waals surface area contributed by atoms with Gasteiger partial charge in [-0.05, 0) is 103 Å². The zero-order valence-electron chi connectivity index (χ0n) is 14.3. The van der Waals surface area contributed by atoms with Gasteiger partial charge in [-0.3, -0.25) is 0 Å². The summed E-state index contributed by atoms with van der Waals surface area (Å²) in [5.41, 5.74) is 0.226. The Kier molecular flexibility index (Phi) is 3.93. The number of halogens is 1. The third-order valence-corrected chi connectivity index (χ3v) is 10.5. The predicted molar refractivity (Wildman–Crippen MR) is 98.1 cm³/mol. The highest BCUT2D eigenvalue weighted by atomic mass is 127. The minimum atomic E-state index is -0.610. The average molecular weight is 434 g/mol. The van der Waals surface area contributed by atoms with Gasteiger partial charge in [-0.1, -0.05) is 13.8 Å². The SMILES string of the molecule is C[C@]12CCC(O)CC1CC(O)[C@@H]1[C@H]2CC[C@@]2(C)[C@H]1CCC2(O)I. The van der Waals surface area contributed by atoms with Crippen LogP contribution in [-0.2, 0) is 0 Å². The lowest BCUT2D eigenvalue weighted by atomic mass is 9.44. The lowest BCUT2D eigenvalue weighted by molar-refractivity contribution is -0.178. The van der Waals surface area contributed by atoms with Crippen LogP contribution in [0, 0.1) is 34.5 Å². The second-order valence-electron chi connectivity index (χ2n) is 9.48. The molecule has 0 aromatic carbocycles. The molecule has 0 amide bonds. The van der Waals surface area contributed by atoms with Crippen molar-refractivity contribution in [2.45, 2.75) is 81.0 Å². The lowest BCUT2D eigenvalue weighted by Crippen LogP contribution is -2.59. The van der Waals surface area contributed by atoms with Crippen molar-refractivity contribution in [2.75, 3.05) is 0 Å². The Hall–Kier alpha value is 0.610. The van der Waals surface area contributed by atoms with Crippen LogP contribution in [-0.4, -0.2) is 31.1 Å². The molecule has 4 aliphatic rings. The van der Waals surface area contributed by atoms with Crippen molar-refractivity contribution in [2.24, 2.45) is 34.5 Å². The van der Waals surface area contributed by atoms with E-state index in [0.29, 0.717) is 23.7 Å².